The summed E-state index contributed by atoms with van der Waals surface area (Å²) in [6.07, 6.45) is 0.701. The van der Waals surface area contributed by atoms with Crippen LogP contribution in [0.1, 0.15) is 35.5 Å². The van der Waals surface area contributed by atoms with E-state index < -0.39 is 0 Å². The Labute approximate surface area is 138 Å². The molecule has 0 saturated heterocycles. The Morgan fingerprint density at radius 2 is 2.10 bits per heavy atom. The van der Waals surface area contributed by atoms with Gasteiger partial charge in [-0.05, 0) is 54.5 Å². The average molecular weight is 404 g/mol. The highest BCUT2D eigenvalue weighted by atomic mass is 127. The number of aromatic nitrogens is 2. The van der Waals surface area contributed by atoms with Crippen molar-refractivity contribution >= 4 is 34.2 Å². The Kier molecular flexibility index (Phi) is 5.09. The van der Waals surface area contributed by atoms with Crippen LogP contribution in [0, 0.1) is 17.4 Å². The molecule has 3 nitrogen and oxygen atoms in total. The van der Waals surface area contributed by atoms with E-state index in [0.29, 0.717) is 6.42 Å². The number of hydrogen-bond donors (Lipinski definition) is 1. The number of rotatable bonds is 4. The van der Waals surface area contributed by atoms with Crippen LogP contribution in [-0.2, 0) is 13.0 Å². The Balaban J connectivity index is 2.32. The van der Waals surface area contributed by atoms with E-state index in [2.05, 4.69) is 59.7 Å². The molecule has 108 valence electrons. The van der Waals surface area contributed by atoms with Crippen molar-refractivity contribution in [2.45, 2.75) is 39.8 Å². The van der Waals surface area contributed by atoms with Crippen LogP contribution >= 0.6 is 34.2 Å². The van der Waals surface area contributed by atoms with Gasteiger partial charge in [0.25, 0.3) is 0 Å². The Hall–Kier alpha value is -0.590. The summed E-state index contributed by atoms with van der Waals surface area (Å²) in [4.78, 5) is 0. The summed E-state index contributed by atoms with van der Waals surface area (Å²) in [6.45, 7) is 6.90. The van der Waals surface area contributed by atoms with Gasteiger partial charge in [0.15, 0.2) is 0 Å². The Bertz CT molecular complexity index is 622. The second kappa shape index (κ2) is 6.45. The molecule has 1 heterocycles. The van der Waals surface area contributed by atoms with Gasteiger partial charge in [-0.2, -0.15) is 5.10 Å². The lowest BCUT2D eigenvalue weighted by atomic mass is 10.0. The largest absolute Gasteiger partial charge is 0.324 e. The fraction of sp³-hybridized carbons (Fsp3) is 0.400. The normalized spacial score (nSPS) is 12.7. The molecule has 0 radical (unpaired) electrons. The highest BCUT2D eigenvalue weighted by Crippen LogP contribution is 2.28. The molecule has 0 fully saturated rings. The number of halogens is 2. The lowest BCUT2D eigenvalue weighted by Crippen LogP contribution is -2.17. The second-order valence-electron chi connectivity index (χ2n) is 4.95. The predicted molar refractivity (Wildman–Crippen MR) is 92.2 cm³/mol. The van der Waals surface area contributed by atoms with Crippen LogP contribution in [0.5, 0.6) is 0 Å². The first kappa shape index (κ1) is 15.8. The maximum absolute atomic E-state index is 6.39. The molecule has 0 amide bonds. The summed E-state index contributed by atoms with van der Waals surface area (Å²) < 4.78 is 3.17. The molecule has 0 aliphatic heterocycles. The van der Waals surface area contributed by atoms with Crippen LogP contribution in [0.15, 0.2) is 18.2 Å². The number of benzene rings is 1. The quantitative estimate of drug-likeness (QED) is 0.784. The second-order valence-corrected chi connectivity index (χ2v) is 6.41. The van der Waals surface area contributed by atoms with E-state index in [1.54, 1.807) is 0 Å². The smallest absolute Gasteiger partial charge is 0.0847 e. The molecule has 0 spiro atoms. The molecule has 1 aromatic carbocycles. The SMILES string of the molecule is CCn1nc(C)c(Cl)c1CC(N)c1cccc(C)c1I. The molecule has 1 atom stereocenters. The number of aryl methyl sites for hydroxylation is 3. The summed E-state index contributed by atoms with van der Waals surface area (Å²) in [5, 5.41) is 5.18. The minimum Gasteiger partial charge on any atom is -0.324 e. The van der Waals surface area contributed by atoms with Crippen LogP contribution < -0.4 is 5.73 Å². The zero-order valence-electron chi connectivity index (χ0n) is 12.0. The highest BCUT2D eigenvalue weighted by molar-refractivity contribution is 14.1. The van der Waals surface area contributed by atoms with Crippen LogP contribution in [0.4, 0.5) is 0 Å². The molecule has 0 saturated carbocycles. The summed E-state index contributed by atoms with van der Waals surface area (Å²) >= 11 is 8.71. The number of hydrogen-bond acceptors (Lipinski definition) is 2. The third-order valence-electron chi connectivity index (χ3n) is 3.49. The molecule has 0 aliphatic rings. The molecule has 2 aromatic rings. The minimum atomic E-state index is -0.0688. The maximum Gasteiger partial charge on any atom is 0.0847 e. The fourth-order valence-electron chi connectivity index (χ4n) is 2.34. The minimum absolute atomic E-state index is 0.0688. The molecular weight excluding hydrogens is 385 g/mol. The maximum atomic E-state index is 6.39. The molecule has 5 heteroatoms. The van der Waals surface area contributed by atoms with Crippen LogP contribution in [0.25, 0.3) is 0 Å². The topological polar surface area (TPSA) is 43.8 Å². The molecule has 1 aromatic heterocycles. The van der Waals surface area contributed by atoms with E-state index >= 15 is 0 Å². The third kappa shape index (κ3) is 3.02. The van der Waals surface area contributed by atoms with Gasteiger partial charge in [-0.1, -0.05) is 29.8 Å². The summed E-state index contributed by atoms with van der Waals surface area (Å²) in [7, 11) is 0. The van der Waals surface area contributed by atoms with Gasteiger partial charge in [0.1, 0.15) is 0 Å². The van der Waals surface area contributed by atoms with E-state index in [1.165, 1.54) is 14.7 Å². The summed E-state index contributed by atoms with van der Waals surface area (Å²) in [6, 6.07) is 6.18. The van der Waals surface area contributed by atoms with E-state index in [0.717, 1.165) is 23.0 Å². The zero-order valence-corrected chi connectivity index (χ0v) is 14.9. The lowest BCUT2D eigenvalue weighted by Gasteiger charge is -2.16. The molecular formula is C15H19ClIN3. The molecule has 0 bridgehead atoms. The lowest BCUT2D eigenvalue weighted by molar-refractivity contribution is 0.586. The van der Waals surface area contributed by atoms with Gasteiger partial charge >= 0.3 is 0 Å². The van der Waals surface area contributed by atoms with Crippen LogP contribution in [0.3, 0.4) is 0 Å². The van der Waals surface area contributed by atoms with Crippen molar-refractivity contribution in [1.82, 2.24) is 9.78 Å². The summed E-state index contributed by atoms with van der Waals surface area (Å²) in [5.74, 6) is 0. The van der Waals surface area contributed by atoms with Crippen molar-refractivity contribution in [2.75, 3.05) is 0 Å². The van der Waals surface area contributed by atoms with Gasteiger partial charge in [-0.3, -0.25) is 4.68 Å². The standard InChI is InChI=1S/C15H19ClIN3/c1-4-20-13(14(16)10(3)19-20)8-12(18)11-7-5-6-9(2)15(11)17/h5-7,12H,4,8,18H2,1-3H3. The van der Waals surface area contributed by atoms with Crippen molar-refractivity contribution in [1.29, 1.82) is 0 Å². The first-order valence-corrected chi connectivity index (χ1v) is 8.13. The molecule has 1 unspecified atom stereocenters. The van der Waals surface area contributed by atoms with E-state index in [9.17, 15) is 0 Å². The molecule has 2 rings (SSSR count). The van der Waals surface area contributed by atoms with Gasteiger partial charge in [0.05, 0.1) is 16.4 Å². The first-order chi connectivity index (χ1) is 9.45. The van der Waals surface area contributed by atoms with Crippen molar-refractivity contribution in [3.63, 3.8) is 0 Å². The molecule has 2 N–H and O–H groups in total. The fourth-order valence-corrected chi connectivity index (χ4v) is 3.31. The monoisotopic (exact) mass is 403 g/mol. The van der Waals surface area contributed by atoms with Gasteiger partial charge in [0, 0.05) is 22.6 Å². The van der Waals surface area contributed by atoms with Gasteiger partial charge in [-0.25, -0.2) is 0 Å². The van der Waals surface area contributed by atoms with Crippen molar-refractivity contribution in [3.05, 3.63) is 49.3 Å². The third-order valence-corrected chi connectivity index (χ3v) is 5.45. The van der Waals surface area contributed by atoms with Gasteiger partial charge in [0.2, 0.25) is 0 Å². The van der Waals surface area contributed by atoms with E-state index in [-0.39, 0.29) is 6.04 Å². The van der Waals surface area contributed by atoms with Gasteiger partial charge < -0.3 is 5.73 Å². The average Bonchev–Trinajstić information content (AvgIpc) is 2.69. The van der Waals surface area contributed by atoms with Crippen molar-refractivity contribution in [3.8, 4) is 0 Å². The Morgan fingerprint density at radius 3 is 2.75 bits per heavy atom. The first-order valence-electron chi connectivity index (χ1n) is 6.68. The predicted octanol–water partition coefficient (Wildman–Crippen LogP) is 4.02. The molecule has 20 heavy (non-hydrogen) atoms. The number of nitrogens with zero attached hydrogens (tertiary/aromatic N) is 2. The van der Waals surface area contributed by atoms with E-state index in [4.69, 9.17) is 17.3 Å². The zero-order chi connectivity index (χ0) is 14.9. The number of nitrogens with two attached hydrogens (primary N) is 1. The Morgan fingerprint density at radius 1 is 1.40 bits per heavy atom. The van der Waals surface area contributed by atoms with Crippen LogP contribution in [-0.4, -0.2) is 9.78 Å². The highest BCUT2D eigenvalue weighted by Gasteiger charge is 2.18. The van der Waals surface area contributed by atoms with Gasteiger partial charge in [-0.15, -0.1) is 0 Å². The van der Waals surface area contributed by atoms with Crippen LogP contribution in [0.2, 0.25) is 5.02 Å². The summed E-state index contributed by atoms with van der Waals surface area (Å²) in [5.41, 5.74) is 10.7. The molecule has 0 aliphatic carbocycles. The van der Waals surface area contributed by atoms with Crippen molar-refractivity contribution in [2.24, 2.45) is 5.73 Å². The van der Waals surface area contributed by atoms with E-state index in [1.807, 2.05) is 11.6 Å². The van der Waals surface area contributed by atoms with Crippen molar-refractivity contribution < 1.29 is 0 Å².